The molecule has 0 radical (unpaired) electrons. The monoisotopic (exact) mass is 368 g/mol. The van der Waals surface area contributed by atoms with Gasteiger partial charge in [0.2, 0.25) is 0 Å². The Bertz CT molecular complexity index is 867. The van der Waals surface area contributed by atoms with E-state index < -0.39 is 23.7 Å². The van der Waals surface area contributed by atoms with Crippen LogP contribution in [0.15, 0.2) is 48.5 Å². The van der Waals surface area contributed by atoms with Crippen LogP contribution >= 0.6 is 0 Å². The number of halogens is 1. The van der Waals surface area contributed by atoms with E-state index >= 15 is 0 Å². The lowest BCUT2D eigenvalue weighted by atomic mass is 10.0. The molecular formula is C21H21FN2O3. The third-order valence-corrected chi connectivity index (χ3v) is 5.44. The van der Waals surface area contributed by atoms with E-state index in [0.29, 0.717) is 23.0 Å². The fourth-order valence-corrected chi connectivity index (χ4v) is 3.92. The number of hydrogen-bond donors (Lipinski definition) is 2. The van der Waals surface area contributed by atoms with E-state index in [0.717, 1.165) is 31.6 Å². The van der Waals surface area contributed by atoms with Crippen LogP contribution in [0.2, 0.25) is 0 Å². The maximum atomic E-state index is 14.6. The predicted molar refractivity (Wildman–Crippen MR) is 99.8 cm³/mol. The molecule has 1 heterocycles. The standard InChI is InChI=1S/C21H21FN2O3/c22-19-18(21(19,27)23-20(26)14-7-2-1-3-8-14)15-9-6-10-17(16(15)13-25)24-11-4-5-12-24/h1-3,6-10,13,18-19,27H,4-5,11-12H2,(H,23,26). The first-order valence-electron chi connectivity index (χ1n) is 9.13. The molecule has 2 fully saturated rings. The maximum Gasteiger partial charge on any atom is 0.253 e. The number of amides is 1. The molecule has 2 aliphatic rings. The summed E-state index contributed by atoms with van der Waals surface area (Å²) in [5.41, 5.74) is -0.0929. The molecule has 3 unspecified atom stereocenters. The van der Waals surface area contributed by atoms with Crippen LogP contribution in [0.25, 0.3) is 0 Å². The van der Waals surface area contributed by atoms with Gasteiger partial charge in [-0.25, -0.2) is 4.39 Å². The molecule has 27 heavy (non-hydrogen) atoms. The summed E-state index contributed by atoms with van der Waals surface area (Å²) in [6.07, 6.45) is 1.15. The fourth-order valence-electron chi connectivity index (χ4n) is 3.92. The first kappa shape index (κ1) is 17.7. The number of carbonyl (C=O) groups excluding carboxylic acids is 2. The van der Waals surface area contributed by atoms with E-state index in [-0.39, 0.29) is 0 Å². The smallest absolute Gasteiger partial charge is 0.253 e. The molecule has 2 N–H and O–H groups in total. The van der Waals surface area contributed by atoms with Crippen LogP contribution in [0.3, 0.4) is 0 Å². The van der Waals surface area contributed by atoms with Gasteiger partial charge in [-0.2, -0.15) is 0 Å². The second kappa shape index (κ2) is 6.78. The molecule has 2 aromatic carbocycles. The molecule has 0 bridgehead atoms. The van der Waals surface area contributed by atoms with Crippen LogP contribution in [0.4, 0.5) is 10.1 Å². The highest BCUT2D eigenvalue weighted by atomic mass is 19.1. The average Bonchev–Trinajstić information content (AvgIpc) is 3.07. The highest BCUT2D eigenvalue weighted by Crippen LogP contribution is 2.53. The third-order valence-electron chi connectivity index (χ3n) is 5.44. The van der Waals surface area contributed by atoms with Crippen molar-refractivity contribution in [2.45, 2.75) is 30.7 Å². The number of rotatable bonds is 5. The van der Waals surface area contributed by atoms with Crippen LogP contribution in [0, 0.1) is 0 Å². The molecule has 0 spiro atoms. The number of hydrogen-bond acceptors (Lipinski definition) is 4. The molecule has 0 aromatic heterocycles. The minimum absolute atomic E-state index is 0.338. The van der Waals surface area contributed by atoms with Crippen molar-refractivity contribution in [3.63, 3.8) is 0 Å². The van der Waals surface area contributed by atoms with Crippen molar-refractivity contribution < 1.29 is 19.1 Å². The summed E-state index contributed by atoms with van der Waals surface area (Å²) in [5, 5.41) is 13.1. The maximum absolute atomic E-state index is 14.6. The van der Waals surface area contributed by atoms with Crippen molar-refractivity contribution >= 4 is 17.9 Å². The van der Waals surface area contributed by atoms with Crippen LogP contribution in [0.5, 0.6) is 0 Å². The Labute approximate surface area is 156 Å². The van der Waals surface area contributed by atoms with Gasteiger partial charge in [-0.1, -0.05) is 30.3 Å². The SMILES string of the molecule is O=Cc1c(C2C(F)C2(O)NC(=O)c2ccccc2)cccc1N1CCCC1. The summed E-state index contributed by atoms with van der Waals surface area (Å²) < 4.78 is 14.6. The van der Waals surface area contributed by atoms with Crippen LogP contribution in [-0.4, -0.2) is 42.3 Å². The zero-order valence-corrected chi connectivity index (χ0v) is 14.8. The van der Waals surface area contributed by atoms with Crippen molar-refractivity contribution in [3.8, 4) is 0 Å². The van der Waals surface area contributed by atoms with Crippen molar-refractivity contribution in [2.24, 2.45) is 0 Å². The van der Waals surface area contributed by atoms with Crippen molar-refractivity contribution in [1.29, 1.82) is 0 Å². The Morgan fingerprint density at radius 3 is 2.52 bits per heavy atom. The van der Waals surface area contributed by atoms with Gasteiger partial charge in [0, 0.05) is 29.9 Å². The van der Waals surface area contributed by atoms with Gasteiger partial charge >= 0.3 is 0 Å². The van der Waals surface area contributed by atoms with Crippen molar-refractivity contribution in [3.05, 3.63) is 65.2 Å². The van der Waals surface area contributed by atoms with Gasteiger partial charge in [-0.05, 0) is 36.6 Å². The first-order chi connectivity index (χ1) is 13.1. The molecule has 1 saturated heterocycles. The Balaban J connectivity index is 1.61. The van der Waals surface area contributed by atoms with Crippen molar-refractivity contribution in [1.82, 2.24) is 5.32 Å². The fraction of sp³-hybridized carbons (Fsp3) is 0.333. The number of nitrogens with zero attached hydrogens (tertiary/aromatic N) is 1. The predicted octanol–water partition coefficient (Wildman–Crippen LogP) is 2.65. The second-order valence-electron chi connectivity index (χ2n) is 7.12. The van der Waals surface area contributed by atoms with E-state index in [1.807, 2.05) is 6.07 Å². The number of benzene rings is 2. The van der Waals surface area contributed by atoms with Crippen molar-refractivity contribution in [2.75, 3.05) is 18.0 Å². The highest BCUT2D eigenvalue weighted by Gasteiger charge is 2.68. The van der Waals surface area contributed by atoms with Gasteiger partial charge in [-0.3, -0.25) is 9.59 Å². The topological polar surface area (TPSA) is 69.6 Å². The highest BCUT2D eigenvalue weighted by molar-refractivity contribution is 5.95. The molecule has 6 heteroatoms. The molecule has 5 nitrogen and oxygen atoms in total. The van der Waals surface area contributed by atoms with E-state index in [9.17, 15) is 19.1 Å². The Morgan fingerprint density at radius 1 is 1.15 bits per heavy atom. The summed E-state index contributed by atoms with van der Waals surface area (Å²) in [4.78, 5) is 26.2. The minimum atomic E-state index is -2.01. The van der Waals surface area contributed by atoms with Crippen LogP contribution in [0.1, 0.15) is 45.0 Å². The Hall–Kier alpha value is -2.73. The summed E-state index contributed by atoms with van der Waals surface area (Å²) in [6.45, 7) is 1.70. The number of aldehydes is 1. The largest absolute Gasteiger partial charge is 0.371 e. The molecular weight excluding hydrogens is 347 g/mol. The molecule has 1 amide bonds. The Kier molecular flexibility index (Phi) is 4.44. The molecule has 4 rings (SSSR count). The van der Waals surface area contributed by atoms with E-state index in [4.69, 9.17) is 0 Å². The van der Waals surface area contributed by atoms with Crippen LogP contribution < -0.4 is 10.2 Å². The summed E-state index contributed by atoms with van der Waals surface area (Å²) >= 11 is 0. The number of carbonyl (C=O) groups is 2. The molecule has 2 aromatic rings. The normalized spacial score (nSPS) is 26.7. The van der Waals surface area contributed by atoms with Gasteiger partial charge in [0.15, 0.2) is 18.2 Å². The summed E-state index contributed by atoms with van der Waals surface area (Å²) in [6, 6.07) is 13.6. The first-order valence-corrected chi connectivity index (χ1v) is 9.13. The lowest BCUT2D eigenvalue weighted by Crippen LogP contribution is -2.40. The average molecular weight is 368 g/mol. The summed E-state index contributed by atoms with van der Waals surface area (Å²) in [7, 11) is 0. The van der Waals surface area contributed by atoms with Gasteiger partial charge in [-0.15, -0.1) is 0 Å². The molecule has 1 aliphatic carbocycles. The van der Waals surface area contributed by atoms with E-state index in [1.54, 1.807) is 42.5 Å². The number of aliphatic hydroxyl groups is 1. The van der Waals surface area contributed by atoms with Gasteiger partial charge < -0.3 is 15.3 Å². The second-order valence-corrected chi connectivity index (χ2v) is 7.12. The Morgan fingerprint density at radius 2 is 1.85 bits per heavy atom. The molecule has 3 atom stereocenters. The summed E-state index contributed by atoms with van der Waals surface area (Å²) in [5.74, 6) is -1.51. The minimum Gasteiger partial charge on any atom is -0.371 e. The quantitative estimate of drug-likeness (QED) is 0.629. The number of nitrogens with one attached hydrogen (secondary N) is 1. The van der Waals surface area contributed by atoms with Gasteiger partial charge in [0.05, 0.1) is 5.92 Å². The van der Waals surface area contributed by atoms with E-state index in [1.165, 1.54) is 0 Å². The number of anilines is 1. The lowest BCUT2D eigenvalue weighted by molar-refractivity contribution is 0.0589. The zero-order valence-electron chi connectivity index (χ0n) is 14.8. The van der Waals surface area contributed by atoms with Gasteiger partial charge in [0.25, 0.3) is 5.91 Å². The number of alkyl halides is 1. The molecule has 140 valence electrons. The van der Waals surface area contributed by atoms with Crippen LogP contribution in [-0.2, 0) is 0 Å². The molecule has 1 aliphatic heterocycles. The zero-order chi connectivity index (χ0) is 19.0. The third kappa shape index (κ3) is 3.00. The van der Waals surface area contributed by atoms with Gasteiger partial charge in [0.1, 0.15) is 0 Å². The van der Waals surface area contributed by atoms with E-state index in [2.05, 4.69) is 10.2 Å². The lowest BCUT2D eigenvalue weighted by Gasteiger charge is -2.21. The molecule has 1 saturated carbocycles.